The molecule has 0 bridgehead atoms. The van der Waals surface area contributed by atoms with Crippen LogP contribution in [0, 0.1) is 0 Å². The van der Waals surface area contributed by atoms with E-state index in [2.05, 4.69) is 58.4 Å². The van der Waals surface area contributed by atoms with Crippen LogP contribution < -0.4 is 5.32 Å². The molecule has 1 aromatic heterocycles. The maximum absolute atomic E-state index is 10.6. The molecule has 0 aliphatic heterocycles. The normalized spacial score (nSPS) is 17.5. The third kappa shape index (κ3) is 3.06. The molecule has 24 heavy (non-hydrogen) atoms. The third-order valence-corrected chi connectivity index (χ3v) is 5.46. The lowest BCUT2D eigenvalue weighted by Gasteiger charge is -2.21. The van der Waals surface area contributed by atoms with E-state index >= 15 is 0 Å². The van der Waals surface area contributed by atoms with E-state index in [1.807, 2.05) is 0 Å². The van der Waals surface area contributed by atoms with Crippen molar-refractivity contribution in [1.82, 2.24) is 4.57 Å². The molecule has 0 unspecified atom stereocenters. The van der Waals surface area contributed by atoms with Crippen LogP contribution in [0.4, 0.5) is 0 Å². The van der Waals surface area contributed by atoms with Crippen molar-refractivity contribution < 1.29 is 10.4 Å². The second-order valence-corrected chi connectivity index (χ2v) is 7.17. The van der Waals surface area contributed by atoms with Gasteiger partial charge in [0.25, 0.3) is 0 Å². The first kappa shape index (κ1) is 15.7. The number of benzene rings is 2. The fourth-order valence-corrected chi connectivity index (χ4v) is 4.20. The fraction of sp³-hybridized carbons (Fsp3) is 0.429. The van der Waals surface area contributed by atoms with Crippen LogP contribution in [-0.2, 0) is 6.54 Å². The Bertz CT molecular complexity index is 764. The molecule has 1 saturated carbocycles. The molecular weight excluding hydrogens is 296 g/mol. The fourth-order valence-electron chi connectivity index (χ4n) is 4.20. The largest absolute Gasteiger partial charge is 0.385 e. The van der Waals surface area contributed by atoms with Crippen LogP contribution >= 0.6 is 0 Å². The van der Waals surface area contributed by atoms with Crippen molar-refractivity contribution in [3.05, 3.63) is 48.5 Å². The van der Waals surface area contributed by atoms with Crippen molar-refractivity contribution in [3.8, 4) is 0 Å². The molecule has 1 fully saturated rings. The molecule has 0 amide bonds. The average molecular weight is 323 g/mol. The van der Waals surface area contributed by atoms with Crippen molar-refractivity contribution in [2.24, 2.45) is 0 Å². The van der Waals surface area contributed by atoms with Gasteiger partial charge < -0.3 is 15.0 Å². The Balaban J connectivity index is 1.54. The van der Waals surface area contributed by atoms with Gasteiger partial charge in [-0.05, 0) is 37.8 Å². The quantitative estimate of drug-likeness (QED) is 0.744. The number of rotatable bonds is 5. The highest BCUT2D eigenvalue weighted by Crippen LogP contribution is 2.28. The maximum Gasteiger partial charge on any atom is 0.121 e. The van der Waals surface area contributed by atoms with E-state index in [1.54, 1.807) is 0 Å². The highest BCUT2D eigenvalue weighted by molar-refractivity contribution is 6.07. The molecule has 1 heterocycles. The van der Waals surface area contributed by atoms with Gasteiger partial charge in [-0.15, -0.1) is 0 Å². The van der Waals surface area contributed by atoms with Crippen LogP contribution in [0.2, 0.25) is 0 Å². The summed E-state index contributed by atoms with van der Waals surface area (Å²) in [5, 5.41) is 15.5. The highest BCUT2D eigenvalue weighted by atomic mass is 16.3. The second-order valence-electron chi connectivity index (χ2n) is 7.17. The Morgan fingerprint density at radius 2 is 1.50 bits per heavy atom. The summed E-state index contributed by atoms with van der Waals surface area (Å²) < 4.78 is 2.28. The summed E-state index contributed by atoms with van der Waals surface area (Å²) in [5.41, 5.74) is 2.44. The molecule has 1 aliphatic carbocycles. The van der Waals surface area contributed by atoms with E-state index in [0.717, 1.165) is 6.54 Å². The second kappa shape index (κ2) is 6.96. The smallest absolute Gasteiger partial charge is 0.121 e. The van der Waals surface area contributed by atoms with Gasteiger partial charge in [0.15, 0.2) is 0 Å². The topological polar surface area (TPSA) is 41.8 Å². The van der Waals surface area contributed by atoms with Gasteiger partial charge in [0.2, 0.25) is 0 Å². The molecule has 126 valence electrons. The number of hydrogen-bond acceptors (Lipinski definition) is 1. The molecular formula is C21H27N2O+. The minimum atomic E-state index is -0.314. The zero-order valence-electron chi connectivity index (χ0n) is 14.2. The molecule has 3 heteroatoms. The van der Waals surface area contributed by atoms with E-state index in [9.17, 15) is 5.11 Å². The number of aromatic nitrogens is 1. The van der Waals surface area contributed by atoms with Gasteiger partial charge in [-0.3, -0.25) is 0 Å². The summed E-state index contributed by atoms with van der Waals surface area (Å²) >= 11 is 0. The van der Waals surface area contributed by atoms with Crippen molar-refractivity contribution in [3.63, 3.8) is 0 Å². The predicted molar refractivity (Wildman–Crippen MR) is 99.1 cm³/mol. The van der Waals surface area contributed by atoms with Crippen molar-refractivity contribution >= 4 is 21.8 Å². The van der Waals surface area contributed by atoms with Crippen molar-refractivity contribution in [2.45, 2.75) is 50.8 Å². The standard InChI is InChI=1S/C21H26N2O/c24-17(14-22-16-8-2-1-3-9-16)15-23-20-12-6-4-10-18(20)19-11-5-7-13-21(19)23/h4-7,10-13,16-17,22,24H,1-3,8-9,14-15H2/p+1/t17-/m1/s1. The lowest BCUT2D eigenvalue weighted by atomic mass is 9.95. The summed E-state index contributed by atoms with van der Waals surface area (Å²) in [6.45, 7) is 1.46. The first-order valence-corrected chi connectivity index (χ1v) is 9.30. The van der Waals surface area contributed by atoms with Gasteiger partial charge in [0.1, 0.15) is 12.6 Å². The van der Waals surface area contributed by atoms with E-state index in [0.29, 0.717) is 12.6 Å². The van der Waals surface area contributed by atoms with Crippen LogP contribution in [0.3, 0.4) is 0 Å². The van der Waals surface area contributed by atoms with Crippen LogP contribution in [-0.4, -0.2) is 28.4 Å². The monoisotopic (exact) mass is 323 g/mol. The van der Waals surface area contributed by atoms with Gasteiger partial charge in [-0.1, -0.05) is 42.8 Å². The van der Waals surface area contributed by atoms with Crippen LogP contribution in [0.5, 0.6) is 0 Å². The number of nitrogens with zero attached hydrogens (tertiary/aromatic N) is 1. The number of quaternary nitrogens is 1. The minimum Gasteiger partial charge on any atom is -0.385 e. The molecule has 0 saturated heterocycles. The molecule has 2 aromatic carbocycles. The Morgan fingerprint density at radius 3 is 2.12 bits per heavy atom. The summed E-state index contributed by atoms with van der Waals surface area (Å²) in [7, 11) is 0. The molecule has 1 atom stereocenters. The van der Waals surface area contributed by atoms with Crippen molar-refractivity contribution in [2.75, 3.05) is 6.54 Å². The molecule has 0 spiro atoms. The Labute approximate surface area is 143 Å². The summed E-state index contributed by atoms with van der Waals surface area (Å²) in [5.74, 6) is 0. The van der Waals surface area contributed by atoms with E-state index in [4.69, 9.17) is 0 Å². The summed E-state index contributed by atoms with van der Waals surface area (Å²) in [6, 6.07) is 17.7. The number of nitrogens with two attached hydrogens (primary N) is 1. The van der Waals surface area contributed by atoms with Crippen LogP contribution in [0.15, 0.2) is 48.5 Å². The summed E-state index contributed by atoms with van der Waals surface area (Å²) in [4.78, 5) is 0. The van der Waals surface area contributed by atoms with Gasteiger partial charge in [-0.2, -0.15) is 0 Å². The number of hydrogen-bond donors (Lipinski definition) is 2. The first-order chi connectivity index (χ1) is 11.8. The SMILES string of the molecule is O[C@H](C[NH2+]C1CCCCC1)Cn1c2ccccc2c2ccccc21. The van der Waals surface area contributed by atoms with Gasteiger partial charge in [-0.25, -0.2) is 0 Å². The van der Waals surface area contributed by atoms with Gasteiger partial charge >= 0.3 is 0 Å². The van der Waals surface area contributed by atoms with Gasteiger partial charge in [0.05, 0.1) is 12.6 Å². The zero-order valence-corrected chi connectivity index (χ0v) is 14.2. The van der Waals surface area contributed by atoms with Gasteiger partial charge in [0, 0.05) is 21.8 Å². The summed E-state index contributed by atoms with van der Waals surface area (Å²) in [6.07, 6.45) is 6.39. The number of aliphatic hydroxyl groups excluding tert-OH is 1. The molecule has 3 aromatic rings. The Hall–Kier alpha value is -1.84. The number of aliphatic hydroxyl groups is 1. The molecule has 4 rings (SSSR count). The maximum atomic E-state index is 10.6. The average Bonchev–Trinajstić information content (AvgIpc) is 2.95. The number of fused-ring (bicyclic) bond motifs is 3. The Kier molecular flexibility index (Phi) is 4.54. The molecule has 3 nitrogen and oxygen atoms in total. The number of para-hydroxylation sites is 2. The highest BCUT2D eigenvalue weighted by Gasteiger charge is 2.19. The van der Waals surface area contributed by atoms with E-state index in [1.165, 1.54) is 53.9 Å². The lowest BCUT2D eigenvalue weighted by molar-refractivity contribution is -0.697. The Morgan fingerprint density at radius 1 is 0.917 bits per heavy atom. The zero-order chi connectivity index (χ0) is 16.4. The molecule has 1 aliphatic rings. The minimum absolute atomic E-state index is 0.314. The van der Waals surface area contributed by atoms with Crippen LogP contribution in [0.1, 0.15) is 32.1 Å². The van der Waals surface area contributed by atoms with E-state index in [-0.39, 0.29) is 6.10 Å². The molecule has 0 radical (unpaired) electrons. The molecule has 3 N–H and O–H groups in total. The third-order valence-electron chi connectivity index (χ3n) is 5.46. The van der Waals surface area contributed by atoms with Crippen molar-refractivity contribution in [1.29, 1.82) is 0 Å². The lowest BCUT2D eigenvalue weighted by Crippen LogP contribution is -2.92. The van der Waals surface area contributed by atoms with E-state index < -0.39 is 0 Å². The predicted octanol–water partition coefficient (Wildman–Crippen LogP) is 3.05. The van der Waals surface area contributed by atoms with Crippen LogP contribution in [0.25, 0.3) is 21.8 Å². The first-order valence-electron chi connectivity index (χ1n) is 9.30.